The number of nitrogens with zero attached hydrogens (tertiary/aromatic N) is 3. The summed E-state index contributed by atoms with van der Waals surface area (Å²) < 4.78 is 11.3. The Bertz CT molecular complexity index is 1390. The van der Waals surface area contributed by atoms with Crippen LogP contribution in [0.3, 0.4) is 0 Å². The predicted octanol–water partition coefficient (Wildman–Crippen LogP) is 5.55. The largest absolute Gasteiger partial charge is 0.493 e. The van der Waals surface area contributed by atoms with Crippen molar-refractivity contribution in [3.8, 4) is 11.6 Å². The predicted molar refractivity (Wildman–Crippen MR) is 162 cm³/mol. The Hall–Kier alpha value is -4.44. The Kier molecular flexibility index (Phi) is 9.88. The number of nitrogens with one attached hydrogen (secondary N) is 1. The fraction of sp³-hybridized carbons (Fsp3) is 0.394. The average Bonchev–Trinajstić information content (AvgIpc) is 3.02. The lowest BCUT2D eigenvalue weighted by Gasteiger charge is -2.31. The first-order valence-electron chi connectivity index (χ1n) is 14.8. The van der Waals surface area contributed by atoms with E-state index in [4.69, 9.17) is 14.6 Å². The molecule has 3 heterocycles. The molecule has 10 nitrogen and oxygen atoms in total. The number of carboxylic acid groups (broad SMARTS) is 1. The number of amides is 2. The van der Waals surface area contributed by atoms with Gasteiger partial charge in [-0.25, -0.2) is 14.6 Å². The molecule has 1 atom stereocenters. The lowest BCUT2D eigenvalue weighted by Crippen LogP contribution is -2.41. The first-order valence-corrected chi connectivity index (χ1v) is 14.8. The molecule has 1 unspecified atom stereocenters. The van der Waals surface area contributed by atoms with E-state index in [1.165, 1.54) is 36.7 Å². The average molecular weight is 587 g/mol. The van der Waals surface area contributed by atoms with Crippen molar-refractivity contribution in [1.29, 1.82) is 0 Å². The monoisotopic (exact) mass is 586 g/mol. The van der Waals surface area contributed by atoms with Crippen molar-refractivity contribution in [2.24, 2.45) is 11.8 Å². The second-order valence-electron chi connectivity index (χ2n) is 11.5. The van der Waals surface area contributed by atoms with Gasteiger partial charge in [-0.3, -0.25) is 9.69 Å². The summed E-state index contributed by atoms with van der Waals surface area (Å²) in [4.78, 5) is 44.7. The summed E-state index contributed by atoms with van der Waals surface area (Å²) in [6, 6.07) is 17.2. The van der Waals surface area contributed by atoms with Crippen LogP contribution in [0.2, 0.25) is 0 Å². The molecule has 1 aromatic heterocycles. The van der Waals surface area contributed by atoms with Gasteiger partial charge in [-0.05, 0) is 92.1 Å². The molecular formula is C33H38N4O6. The van der Waals surface area contributed by atoms with Crippen LogP contribution in [0.4, 0.5) is 10.5 Å². The lowest BCUT2D eigenvalue weighted by molar-refractivity contribution is 0.0696. The highest BCUT2D eigenvalue weighted by molar-refractivity contribution is 6.04. The van der Waals surface area contributed by atoms with E-state index in [2.05, 4.69) is 22.1 Å². The number of ether oxygens (including phenoxy) is 2. The van der Waals surface area contributed by atoms with Gasteiger partial charge in [0.1, 0.15) is 5.75 Å². The summed E-state index contributed by atoms with van der Waals surface area (Å²) in [5, 5.41) is 11.8. The van der Waals surface area contributed by atoms with Crippen LogP contribution >= 0.6 is 0 Å². The van der Waals surface area contributed by atoms with Gasteiger partial charge >= 0.3 is 12.1 Å². The minimum absolute atomic E-state index is 0.162. The number of benzene rings is 2. The zero-order valence-corrected chi connectivity index (χ0v) is 24.4. The van der Waals surface area contributed by atoms with Gasteiger partial charge in [-0.15, -0.1) is 0 Å². The normalized spacial score (nSPS) is 17.7. The number of piperidine rings is 2. The van der Waals surface area contributed by atoms with Gasteiger partial charge in [0.15, 0.2) is 0 Å². The Balaban J connectivity index is 1.03. The van der Waals surface area contributed by atoms with E-state index in [0.29, 0.717) is 36.7 Å². The minimum Gasteiger partial charge on any atom is -0.493 e. The van der Waals surface area contributed by atoms with Crippen molar-refractivity contribution in [3.05, 3.63) is 83.6 Å². The van der Waals surface area contributed by atoms with Crippen molar-refractivity contribution in [2.45, 2.75) is 39.2 Å². The van der Waals surface area contributed by atoms with Crippen LogP contribution in [0.1, 0.15) is 58.9 Å². The lowest BCUT2D eigenvalue weighted by atomic mass is 9.98. The zero-order valence-electron chi connectivity index (χ0n) is 24.4. The van der Waals surface area contributed by atoms with Crippen LogP contribution in [0.15, 0.2) is 66.9 Å². The van der Waals surface area contributed by atoms with Gasteiger partial charge < -0.3 is 24.8 Å². The Morgan fingerprint density at radius 3 is 2.30 bits per heavy atom. The minimum atomic E-state index is -0.974. The van der Waals surface area contributed by atoms with E-state index in [9.17, 15) is 14.4 Å². The molecule has 2 amide bonds. The third-order valence-electron chi connectivity index (χ3n) is 8.01. The van der Waals surface area contributed by atoms with E-state index in [1.54, 1.807) is 29.2 Å². The van der Waals surface area contributed by atoms with E-state index < -0.39 is 12.1 Å². The van der Waals surface area contributed by atoms with Crippen LogP contribution < -0.4 is 14.8 Å². The molecule has 0 bridgehead atoms. The summed E-state index contributed by atoms with van der Waals surface area (Å²) in [6.07, 6.45) is 5.06. The van der Waals surface area contributed by atoms with Crippen LogP contribution in [0.25, 0.3) is 0 Å². The molecule has 2 fully saturated rings. The first-order chi connectivity index (χ1) is 20.8. The summed E-state index contributed by atoms with van der Waals surface area (Å²) in [7, 11) is 0. The fourth-order valence-corrected chi connectivity index (χ4v) is 5.51. The highest BCUT2D eigenvalue weighted by Crippen LogP contribution is 2.22. The number of hydrogen-bond acceptors (Lipinski definition) is 7. The third-order valence-corrected chi connectivity index (χ3v) is 8.01. The van der Waals surface area contributed by atoms with Crippen LogP contribution in [0.5, 0.6) is 11.6 Å². The number of carbonyl (C=O) groups excluding carboxylic acids is 2. The molecule has 2 saturated heterocycles. The second kappa shape index (κ2) is 14.2. The Labute approximate surface area is 251 Å². The maximum absolute atomic E-state index is 12.7. The maximum atomic E-state index is 12.7. The molecular weight excluding hydrogens is 548 g/mol. The summed E-state index contributed by atoms with van der Waals surface area (Å²) in [5.74, 6) is 0.584. The molecule has 2 aliphatic heterocycles. The number of anilines is 1. The van der Waals surface area contributed by atoms with E-state index >= 15 is 0 Å². The van der Waals surface area contributed by atoms with Crippen LogP contribution in [-0.2, 0) is 6.54 Å². The second-order valence-corrected chi connectivity index (χ2v) is 11.5. The maximum Gasteiger partial charge on any atom is 0.416 e. The molecule has 2 N–H and O–H groups in total. The number of aromatic nitrogens is 1. The van der Waals surface area contributed by atoms with E-state index in [0.717, 1.165) is 38.4 Å². The molecule has 0 spiro atoms. The summed E-state index contributed by atoms with van der Waals surface area (Å²) >= 11 is 0. The highest BCUT2D eigenvalue weighted by Gasteiger charge is 2.25. The summed E-state index contributed by atoms with van der Waals surface area (Å²) in [6.45, 7) is 6.99. The van der Waals surface area contributed by atoms with Crippen molar-refractivity contribution in [3.63, 3.8) is 0 Å². The van der Waals surface area contributed by atoms with Crippen molar-refractivity contribution in [1.82, 2.24) is 14.8 Å². The first kappa shape index (κ1) is 30.0. The standard InChI is InChI=1S/C33H38N4O6/c1-23-3-2-16-36(20-23)21-24-4-6-26(7-5-24)31(38)35-28-10-13-30(34-19-28)43-33(41)37-17-14-25(15-18-37)22-42-29-11-8-27(9-12-29)32(39)40/h4-13,19,23,25H,2-3,14-18,20-22H2,1H3,(H,35,38)(H,39,40). The smallest absolute Gasteiger partial charge is 0.416 e. The van der Waals surface area contributed by atoms with Gasteiger partial charge in [0.25, 0.3) is 5.91 Å². The van der Waals surface area contributed by atoms with Gasteiger partial charge in [0, 0.05) is 37.8 Å². The quantitative estimate of drug-likeness (QED) is 0.335. The van der Waals surface area contributed by atoms with Gasteiger partial charge in [-0.2, -0.15) is 0 Å². The number of aromatic carboxylic acids is 1. The van der Waals surface area contributed by atoms with Crippen LogP contribution in [-0.4, -0.2) is 70.6 Å². The number of carbonyl (C=O) groups is 3. The molecule has 10 heteroatoms. The van der Waals surface area contributed by atoms with Gasteiger partial charge in [0.2, 0.25) is 5.88 Å². The number of rotatable bonds is 9. The van der Waals surface area contributed by atoms with E-state index in [-0.39, 0.29) is 23.3 Å². The Morgan fingerprint density at radius 1 is 0.930 bits per heavy atom. The summed E-state index contributed by atoms with van der Waals surface area (Å²) in [5.41, 5.74) is 2.48. The SMILES string of the molecule is CC1CCCN(Cc2ccc(C(=O)Nc3ccc(OC(=O)N4CCC(COc5ccc(C(=O)O)cc5)CC4)nc3)cc2)C1. The zero-order chi connectivity index (χ0) is 30.2. The molecule has 43 heavy (non-hydrogen) atoms. The Morgan fingerprint density at radius 2 is 1.65 bits per heavy atom. The molecule has 2 aliphatic rings. The fourth-order valence-electron chi connectivity index (χ4n) is 5.51. The van der Waals surface area contributed by atoms with E-state index in [1.807, 2.05) is 24.3 Å². The topological polar surface area (TPSA) is 121 Å². The van der Waals surface area contributed by atoms with Gasteiger partial charge in [0.05, 0.1) is 24.1 Å². The molecule has 5 rings (SSSR count). The number of pyridine rings is 1. The highest BCUT2D eigenvalue weighted by atomic mass is 16.6. The van der Waals surface area contributed by atoms with Crippen LogP contribution in [0, 0.1) is 11.8 Å². The van der Waals surface area contributed by atoms with Gasteiger partial charge in [-0.1, -0.05) is 19.1 Å². The molecule has 0 aliphatic carbocycles. The van der Waals surface area contributed by atoms with Crippen molar-refractivity contribution >= 4 is 23.7 Å². The number of carboxylic acids is 1. The molecule has 226 valence electrons. The number of hydrogen-bond donors (Lipinski definition) is 2. The number of likely N-dealkylation sites (tertiary alicyclic amines) is 2. The molecule has 0 radical (unpaired) electrons. The van der Waals surface area contributed by atoms with Crippen molar-refractivity contribution < 1.29 is 29.0 Å². The third kappa shape index (κ3) is 8.54. The van der Waals surface area contributed by atoms with Crippen molar-refractivity contribution in [2.75, 3.05) is 38.1 Å². The molecule has 3 aromatic rings. The molecule has 0 saturated carbocycles. The molecule has 2 aromatic carbocycles.